The summed E-state index contributed by atoms with van der Waals surface area (Å²) >= 11 is 0. The molecule has 2 heterocycles. The number of hydrogen-bond donors (Lipinski definition) is 1. The number of fused-ring (bicyclic) bond motifs is 1. The third-order valence-corrected chi connectivity index (χ3v) is 2.87. The summed E-state index contributed by atoms with van der Waals surface area (Å²) < 4.78 is 1.96. The summed E-state index contributed by atoms with van der Waals surface area (Å²) in [5, 5.41) is 7.87. The number of nitrogen functional groups attached to an aromatic ring is 1. The molecule has 0 saturated carbocycles. The normalized spacial score (nSPS) is 13.2. The van der Waals surface area contributed by atoms with Crippen molar-refractivity contribution in [1.82, 2.24) is 19.6 Å². The van der Waals surface area contributed by atoms with Crippen LogP contribution in [0.25, 0.3) is 5.52 Å². The van der Waals surface area contributed by atoms with Crippen molar-refractivity contribution < 1.29 is 0 Å². The van der Waals surface area contributed by atoms with Crippen LogP contribution in [0.3, 0.4) is 0 Å². The smallest absolute Gasteiger partial charge is 0.172 e. The van der Waals surface area contributed by atoms with Crippen LogP contribution in [-0.4, -0.2) is 19.6 Å². The van der Waals surface area contributed by atoms with E-state index in [1.54, 1.807) is 6.33 Å². The number of hydrogen-bond acceptors (Lipinski definition) is 4. The molecule has 0 atom stereocenters. The van der Waals surface area contributed by atoms with Gasteiger partial charge >= 0.3 is 0 Å². The maximum Gasteiger partial charge on any atom is 0.172 e. The van der Waals surface area contributed by atoms with Crippen molar-refractivity contribution in [2.45, 2.75) is 52.4 Å². The minimum Gasteiger partial charge on any atom is -0.380 e. The molecule has 0 spiro atoms. The first-order valence-corrected chi connectivity index (χ1v) is 6.12. The van der Waals surface area contributed by atoms with Gasteiger partial charge in [0.2, 0.25) is 0 Å². The second-order valence-electron chi connectivity index (χ2n) is 6.72. The molecule has 0 aliphatic carbocycles. The highest BCUT2D eigenvalue weighted by Gasteiger charge is 2.29. The van der Waals surface area contributed by atoms with Crippen molar-refractivity contribution in [3.63, 3.8) is 0 Å². The Kier molecular flexibility index (Phi) is 2.61. The van der Waals surface area contributed by atoms with Gasteiger partial charge in [-0.15, -0.1) is 10.2 Å². The van der Waals surface area contributed by atoms with Gasteiger partial charge in [0.1, 0.15) is 17.7 Å². The van der Waals surface area contributed by atoms with E-state index in [0.29, 0.717) is 5.82 Å². The molecular formula is C13H21N5. The lowest BCUT2D eigenvalue weighted by Crippen LogP contribution is -2.17. The number of anilines is 1. The van der Waals surface area contributed by atoms with Crippen LogP contribution < -0.4 is 5.73 Å². The summed E-state index contributed by atoms with van der Waals surface area (Å²) in [6, 6.07) is 0. The van der Waals surface area contributed by atoms with Crippen LogP contribution in [0.4, 0.5) is 5.82 Å². The van der Waals surface area contributed by atoms with Crippen molar-refractivity contribution in [2.75, 3.05) is 5.73 Å². The molecule has 98 valence electrons. The quantitative estimate of drug-likeness (QED) is 0.775. The molecule has 0 aliphatic heterocycles. The van der Waals surface area contributed by atoms with E-state index >= 15 is 0 Å². The molecule has 0 amide bonds. The number of nitrogens with zero attached hydrogens (tertiary/aromatic N) is 4. The monoisotopic (exact) mass is 247 g/mol. The molecule has 0 aromatic carbocycles. The van der Waals surface area contributed by atoms with E-state index < -0.39 is 0 Å². The third-order valence-electron chi connectivity index (χ3n) is 2.87. The maximum absolute atomic E-state index is 5.98. The molecular weight excluding hydrogens is 226 g/mol. The molecule has 5 nitrogen and oxygen atoms in total. The van der Waals surface area contributed by atoms with Crippen molar-refractivity contribution in [2.24, 2.45) is 0 Å². The molecule has 0 bridgehead atoms. The molecule has 2 rings (SSSR count). The predicted molar refractivity (Wildman–Crippen MR) is 72.6 cm³/mol. The van der Waals surface area contributed by atoms with Gasteiger partial charge < -0.3 is 5.73 Å². The average molecular weight is 247 g/mol. The molecule has 2 aromatic heterocycles. The molecule has 0 unspecified atom stereocenters. The van der Waals surface area contributed by atoms with E-state index in [4.69, 9.17) is 10.7 Å². The van der Waals surface area contributed by atoms with Crippen LogP contribution in [-0.2, 0) is 10.8 Å². The molecule has 0 saturated heterocycles. The topological polar surface area (TPSA) is 69.1 Å². The van der Waals surface area contributed by atoms with Crippen LogP contribution in [0.1, 0.15) is 53.1 Å². The van der Waals surface area contributed by atoms with Crippen molar-refractivity contribution in [3.8, 4) is 0 Å². The highest BCUT2D eigenvalue weighted by Crippen LogP contribution is 2.32. The van der Waals surface area contributed by atoms with Crippen LogP contribution in [0, 0.1) is 0 Å². The number of aromatic nitrogens is 4. The summed E-state index contributed by atoms with van der Waals surface area (Å²) in [6.07, 6.45) is 1.69. The summed E-state index contributed by atoms with van der Waals surface area (Å²) in [6.45, 7) is 12.8. The van der Waals surface area contributed by atoms with E-state index in [2.05, 4.69) is 51.7 Å². The van der Waals surface area contributed by atoms with Gasteiger partial charge in [0, 0.05) is 10.8 Å². The highest BCUT2D eigenvalue weighted by molar-refractivity contribution is 5.70. The zero-order chi connectivity index (χ0) is 13.7. The van der Waals surface area contributed by atoms with Gasteiger partial charge in [0.15, 0.2) is 5.82 Å². The molecule has 0 fully saturated rings. The number of rotatable bonds is 0. The van der Waals surface area contributed by atoms with Gasteiger partial charge in [-0.05, 0) is 0 Å². The van der Waals surface area contributed by atoms with Crippen LogP contribution in [0.15, 0.2) is 6.33 Å². The Morgan fingerprint density at radius 1 is 1.06 bits per heavy atom. The lowest BCUT2D eigenvalue weighted by Gasteiger charge is -2.17. The van der Waals surface area contributed by atoms with Crippen LogP contribution in [0.2, 0.25) is 0 Å². The lowest BCUT2D eigenvalue weighted by molar-refractivity contribution is 0.528. The van der Waals surface area contributed by atoms with E-state index in [9.17, 15) is 0 Å². The molecule has 5 heteroatoms. The maximum atomic E-state index is 5.98. The van der Waals surface area contributed by atoms with Crippen molar-refractivity contribution in [1.29, 1.82) is 0 Å². The van der Waals surface area contributed by atoms with E-state index in [1.807, 2.05) is 4.40 Å². The summed E-state index contributed by atoms with van der Waals surface area (Å²) in [5.41, 5.74) is 7.68. The highest BCUT2D eigenvalue weighted by atomic mass is 15.2. The summed E-state index contributed by atoms with van der Waals surface area (Å²) in [5.74, 6) is 1.40. The Morgan fingerprint density at radius 3 is 2.17 bits per heavy atom. The predicted octanol–water partition coefficient (Wildman–Crippen LogP) is 2.30. The second-order valence-corrected chi connectivity index (χ2v) is 6.72. The van der Waals surface area contributed by atoms with Gasteiger partial charge in [-0.25, -0.2) is 4.98 Å². The van der Waals surface area contributed by atoms with Gasteiger partial charge in [-0.2, -0.15) is 0 Å². The lowest BCUT2D eigenvalue weighted by atomic mass is 9.91. The summed E-state index contributed by atoms with van der Waals surface area (Å²) in [4.78, 5) is 4.80. The van der Waals surface area contributed by atoms with E-state index in [-0.39, 0.29) is 10.8 Å². The van der Waals surface area contributed by atoms with Crippen LogP contribution in [0.5, 0.6) is 0 Å². The minimum absolute atomic E-state index is 0.0676. The Morgan fingerprint density at radius 2 is 1.67 bits per heavy atom. The molecule has 18 heavy (non-hydrogen) atoms. The third kappa shape index (κ3) is 1.94. The van der Waals surface area contributed by atoms with Crippen molar-refractivity contribution in [3.05, 3.63) is 17.8 Å². The molecule has 0 aliphatic rings. The average Bonchev–Trinajstić information content (AvgIpc) is 2.56. The van der Waals surface area contributed by atoms with Gasteiger partial charge in [0.05, 0.1) is 5.69 Å². The first-order chi connectivity index (χ1) is 8.12. The Labute approximate surface area is 107 Å². The molecule has 2 N–H and O–H groups in total. The number of imidazole rings is 1. The second kappa shape index (κ2) is 3.67. The zero-order valence-electron chi connectivity index (χ0n) is 11.9. The van der Waals surface area contributed by atoms with Crippen molar-refractivity contribution >= 4 is 11.3 Å². The Hall–Kier alpha value is -1.65. The Balaban J connectivity index is 2.89. The first kappa shape index (κ1) is 12.8. The fourth-order valence-corrected chi connectivity index (χ4v) is 2.03. The van der Waals surface area contributed by atoms with Gasteiger partial charge in [-0.3, -0.25) is 4.40 Å². The first-order valence-electron chi connectivity index (χ1n) is 6.12. The Bertz CT molecular complexity index is 584. The van der Waals surface area contributed by atoms with Gasteiger partial charge in [0.25, 0.3) is 0 Å². The fourth-order valence-electron chi connectivity index (χ4n) is 2.03. The molecule has 0 radical (unpaired) electrons. The summed E-state index contributed by atoms with van der Waals surface area (Å²) in [7, 11) is 0. The number of nitrogens with two attached hydrogens (primary N) is 1. The molecule has 2 aromatic rings. The fraction of sp³-hybridized carbons (Fsp3) is 0.615. The SMILES string of the molecule is CC(C)(C)c1nc(C(C)(C)C)n2cnnc(N)c12. The largest absolute Gasteiger partial charge is 0.380 e. The minimum atomic E-state index is -0.0775. The van der Waals surface area contributed by atoms with Crippen LogP contribution >= 0.6 is 0 Å². The van der Waals surface area contributed by atoms with E-state index in [1.165, 1.54) is 0 Å². The van der Waals surface area contributed by atoms with E-state index in [0.717, 1.165) is 17.0 Å². The zero-order valence-corrected chi connectivity index (χ0v) is 11.9. The standard InChI is InChI=1S/C13H21N5/c1-12(2,3)9-8-10(14)17-15-7-18(8)11(16-9)13(4,5)6/h7H,1-6H3,(H2,14,17). The van der Waals surface area contributed by atoms with Gasteiger partial charge in [-0.1, -0.05) is 41.5 Å².